The second-order valence-electron chi connectivity index (χ2n) is 10.7. The van der Waals surface area contributed by atoms with E-state index in [0.717, 1.165) is 60.5 Å². The minimum atomic E-state index is -0.0267. The second kappa shape index (κ2) is 11.0. The van der Waals surface area contributed by atoms with Gasteiger partial charge in [-0.25, -0.2) is 4.39 Å². The Kier molecular flexibility index (Phi) is 8.13. The van der Waals surface area contributed by atoms with E-state index in [2.05, 4.69) is 26.0 Å². The van der Waals surface area contributed by atoms with E-state index in [0.29, 0.717) is 11.8 Å². The van der Waals surface area contributed by atoms with Crippen molar-refractivity contribution in [2.75, 3.05) is 6.61 Å². The summed E-state index contributed by atoms with van der Waals surface area (Å²) in [6.07, 6.45) is 19.1. The lowest BCUT2D eigenvalue weighted by molar-refractivity contribution is 0.156. The van der Waals surface area contributed by atoms with Crippen molar-refractivity contribution < 1.29 is 9.13 Å². The van der Waals surface area contributed by atoms with Gasteiger partial charge < -0.3 is 4.74 Å². The van der Waals surface area contributed by atoms with E-state index in [4.69, 9.17) is 4.74 Å². The Bertz CT molecular complexity index is 722. The van der Waals surface area contributed by atoms with Crippen molar-refractivity contribution in [3.8, 4) is 0 Å². The van der Waals surface area contributed by atoms with Gasteiger partial charge in [0.2, 0.25) is 0 Å². The fourth-order valence-corrected chi connectivity index (χ4v) is 6.69. The van der Waals surface area contributed by atoms with Crippen LogP contribution in [0.2, 0.25) is 0 Å². The Morgan fingerprint density at radius 1 is 0.839 bits per heavy atom. The fraction of sp³-hybridized carbons (Fsp3) is 0.724. The maximum Gasteiger partial charge on any atom is 0.127 e. The Morgan fingerprint density at radius 3 is 2.06 bits per heavy atom. The van der Waals surface area contributed by atoms with E-state index in [9.17, 15) is 0 Å². The monoisotopic (exact) mass is 426 g/mol. The average molecular weight is 427 g/mol. The Morgan fingerprint density at radius 2 is 1.48 bits per heavy atom. The van der Waals surface area contributed by atoms with Crippen LogP contribution in [0.3, 0.4) is 0 Å². The molecule has 0 spiro atoms. The smallest absolute Gasteiger partial charge is 0.127 e. The van der Waals surface area contributed by atoms with Crippen molar-refractivity contribution in [3.63, 3.8) is 0 Å². The van der Waals surface area contributed by atoms with Crippen LogP contribution in [-0.2, 0) is 4.74 Å². The number of benzene rings is 1. The molecule has 172 valence electrons. The minimum Gasteiger partial charge on any atom is -0.493 e. The van der Waals surface area contributed by atoms with E-state index < -0.39 is 0 Å². The molecule has 0 aromatic heterocycles. The van der Waals surface area contributed by atoms with Crippen molar-refractivity contribution in [3.05, 3.63) is 41.2 Å². The summed E-state index contributed by atoms with van der Waals surface area (Å²) in [5, 5.41) is 0. The number of hydrogen-bond donors (Lipinski definition) is 0. The first kappa shape index (κ1) is 22.9. The number of rotatable bonds is 7. The highest BCUT2D eigenvalue weighted by Gasteiger charge is 2.32. The van der Waals surface area contributed by atoms with Gasteiger partial charge in [0.1, 0.15) is 11.6 Å². The molecule has 1 atom stereocenters. The van der Waals surface area contributed by atoms with Gasteiger partial charge in [0.05, 0.1) is 6.61 Å². The standard InChI is InChI=1S/C29H43FO/c1-3-5-21-7-10-23(11-8-21)24-12-14-25(15-13-24)27-17-16-26(19-28(27)30)29-18-9-22(6-4-2)20-31-29/h16-19,21-25H,3-15,20H2,1-2H3. The van der Waals surface area contributed by atoms with Crippen LogP contribution in [0.1, 0.15) is 114 Å². The molecule has 1 aromatic carbocycles. The number of hydrogen-bond acceptors (Lipinski definition) is 1. The predicted molar refractivity (Wildman–Crippen MR) is 128 cm³/mol. The number of halogens is 1. The summed E-state index contributed by atoms with van der Waals surface area (Å²) in [5.41, 5.74) is 1.85. The quantitative estimate of drug-likeness (QED) is 0.423. The summed E-state index contributed by atoms with van der Waals surface area (Å²) in [6.45, 7) is 5.31. The van der Waals surface area contributed by atoms with Gasteiger partial charge in [-0.05, 0) is 98.7 Å². The summed E-state index contributed by atoms with van der Waals surface area (Å²) in [4.78, 5) is 0. The van der Waals surface area contributed by atoms with E-state index in [1.54, 1.807) is 6.07 Å². The molecule has 0 bridgehead atoms. The van der Waals surface area contributed by atoms with Crippen LogP contribution in [0.25, 0.3) is 5.76 Å². The van der Waals surface area contributed by atoms with Crippen LogP contribution in [-0.4, -0.2) is 6.61 Å². The summed E-state index contributed by atoms with van der Waals surface area (Å²) in [5.74, 6) is 4.69. The first-order valence-corrected chi connectivity index (χ1v) is 13.3. The number of allylic oxidation sites excluding steroid dienone is 1. The molecule has 1 nitrogen and oxygen atoms in total. The lowest BCUT2D eigenvalue weighted by Crippen LogP contribution is -2.25. The molecule has 1 aliphatic heterocycles. The molecule has 0 N–H and O–H groups in total. The van der Waals surface area contributed by atoms with Crippen LogP contribution >= 0.6 is 0 Å². The SMILES string of the molecule is CCCC1CCC(C2CCC(c3ccc(C4=CCC(CCC)CO4)cc3F)CC2)CC1. The van der Waals surface area contributed by atoms with Crippen LogP contribution in [0, 0.1) is 29.5 Å². The molecule has 2 saturated carbocycles. The lowest BCUT2D eigenvalue weighted by Gasteiger charge is -2.38. The fourth-order valence-electron chi connectivity index (χ4n) is 6.69. The molecule has 3 aliphatic rings. The van der Waals surface area contributed by atoms with Crippen LogP contribution in [0.4, 0.5) is 4.39 Å². The molecule has 1 unspecified atom stereocenters. The third kappa shape index (κ3) is 5.74. The molecule has 1 aromatic rings. The summed E-state index contributed by atoms with van der Waals surface area (Å²) in [7, 11) is 0. The van der Waals surface area contributed by atoms with Crippen molar-refractivity contribution in [1.82, 2.24) is 0 Å². The van der Waals surface area contributed by atoms with Crippen molar-refractivity contribution >= 4 is 5.76 Å². The first-order valence-electron chi connectivity index (χ1n) is 13.3. The molecule has 4 rings (SSSR count). The first-order chi connectivity index (χ1) is 15.2. The Hall–Kier alpha value is -1.31. The number of ether oxygens (including phenoxy) is 1. The molecule has 2 aliphatic carbocycles. The normalized spacial score (nSPS) is 31.7. The van der Waals surface area contributed by atoms with Gasteiger partial charge in [-0.2, -0.15) is 0 Å². The van der Waals surface area contributed by atoms with Crippen LogP contribution in [0.15, 0.2) is 24.3 Å². The molecule has 31 heavy (non-hydrogen) atoms. The van der Waals surface area contributed by atoms with Crippen molar-refractivity contribution in [1.29, 1.82) is 0 Å². The second-order valence-corrected chi connectivity index (χ2v) is 10.7. The summed E-state index contributed by atoms with van der Waals surface area (Å²) in [6, 6.07) is 5.86. The highest BCUT2D eigenvalue weighted by Crippen LogP contribution is 2.45. The van der Waals surface area contributed by atoms with Crippen molar-refractivity contribution in [2.45, 2.75) is 103 Å². The van der Waals surface area contributed by atoms with E-state index in [-0.39, 0.29) is 5.82 Å². The Balaban J connectivity index is 1.30. The van der Waals surface area contributed by atoms with E-state index in [1.165, 1.54) is 64.2 Å². The summed E-state index contributed by atoms with van der Waals surface area (Å²) >= 11 is 0. The molecular formula is C29H43FO. The largest absolute Gasteiger partial charge is 0.493 e. The van der Waals surface area contributed by atoms with Gasteiger partial charge in [0, 0.05) is 5.56 Å². The van der Waals surface area contributed by atoms with Gasteiger partial charge in [-0.3, -0.25) is 0 Å². The topological polar surface area (TPSA) is 9.23 Å². The zero-order valence-electron chi connectivity index (χ0n) is 19.9. The van der Waals surface area contributed by atoms with Gasteiger partial charge >= 0.3 is 0 Å². The van der Waals surface area contributed by atoms with E-state index in [1.807, 2.05) is 6.07 Å². The Labute approximate surface area is 189 Å². The van der Waals surface area contributed by atoms with Crippen molar-refractivity contribution in [2.24, 2.45) is 23.7 Å². The van der Waals surface area contributed by atoms with E-state index >= 15 is 4.39 Å². The minimum absolute atomic E-state index is 0.0267. The molecular weight excluding hydrogens is 383 g/mol. The van der Waals surface area contributed by atoms with Gasteiger partial charge in [-0.15, -0.1) is 0 Å². The molecule has 1 heterocycles. The molecule has 0 radical (unpaired) electrons. The molecule has 2 heteroatoms. The maximum atomic E-state index is 15.1. The molecule has 0 amide bonds. The summed E-state index contributed by atoms with van der Waals surface area (Å²) < 4.78 is 21.0. The predicted octanol–water partition coefficient (Wildman–Crippen LogP) is 8.88. The van der Waals surface area contributed by atoms with Gasteiger partial charge in [-0.1, -0.05) is 58.1 Å². The van der Waals surface area contributed by atoms with Crippen LogP contribution in [0.5, 0.6) is 0 Å². The highest BCUT2D eigenvalue weighted by molar-refractivity contribution is 5.61. The van der Waals surface area contributed by atoms with Gasteiger partial charge in [0.25, 0.3) is 0 Å². The molecule has 2 fully saturated rings. The third-order valence-electron chi connectivity index (χ3n) is 8.56. The van der Waals surface area contributed by atoms with Gasteiger partial charge in [0.15, 0.2) is 0 Å². The maximum absolute atomic E-state index is 15.1. The molecule has 0 saturated heterocycles. The highest BCUT2D eigenvalue weighted by atomic mass is 19.1. The zero-order chi connectivity index (χ0) is 21.6. The zero-order valence-corrected chi connectivity index (χ0v) is 19.9. The average Bonchev–Trinajstić information content (AvgIpc) is 2.81. The van der Waals surface area contributed by atoms with Crippen LogP contribution < -0.4 is 0 Å². The lowest BCUT2D eigenvalue weighted by atomic mass is 9.68. The third-order valence-corrected chi connectivity index (χ3v) is 8.56.